The van der Waals surface area contributed by atoms with E-state index in [0.29, 0.717) is 6.61 Å². The Morgan fingerprint density at radius 3 is 2.45 bits per heavy atom. The first-order chi connectivity index (χ1) is 14.7. The quantitative estimate of drug-likeness (QED) is 0.245. The van der Waals surface area contributed by atoms with Crippen LogP contribution >= 0.6 is 10.7 Å². The van der Waals surface area contributed by atoms with Crippen LogP contribution in [0.4, 0.5) is 0 Å². The molecule has 0 amide bonds. The Bertz CT molecular complexity index is 1280. The third-order valence-corrected chi connectivity index (χ3v) is 6.33. The van der Waals surface area contributed by atoms with Crippen molar-refractivity contribution in [1.82, 2.24) is 0 Å². The molecule has 0 atom stereocenters. The van der Waals surface area contributed by atoms with Crippen LogP contribution in [-0.4, -0.2) is 26.1 Å². The predicted molar refractivity (Wildman–Crippen MR) is 119 cm³/mol. The van der Waals surface area contributed by atoms with Crippen LogP contribution in [0.25, 0.3) is 21.9 Å². The second-order valence-electron chi connectivity index (χ2n) is 7.30. The maximum atomic E-state index is 13.0. The van der Waals surface area contributed by atoms with Gasteiger partial charge in [-0.15, -0.1) is 0 Å². The van der Waals surface area contributed by atoms with E-state index in [1.165, 1.54) is 30.7 Å². The van der Waals surface area contributed by atoms with Crippen LogP contribution in [0.1, 0.15) is 55.8 Å². The predicted octanol–water partition coefficient (Wildman–Crippen LogP) is 5.31. The van der Waals surface area contributed by atoms with Gasteiger partial charge < -0.3 is 14.3 Å². The zero-order valence-corrected chi connectivity index (χ0v) is 18.6. The summed E-state index contributed by atoms with van der Waals surface area (Å²) >= 11 is 0. The van der Waals surface area contributed by atoms with Crippen LogP contribution in [0.2, 0.25) is 0 Å². The molecule has 1 aromatic heterocycles. The molecule has 0 bridgehead atoms. The molecule has 0 fully saturated rings. The number of hydrogen-bond acceptors (Lipinski definition) is 6. The summed E-state index contributed by atoms with van der Waals surface area (Å²) in [6.07, 6.45) is 6.31. The van der Waals surface area contributed by atoms with Crippen LogP contribution in [0, 0.1) is 0 Å². The molecule has 2 aromatic carbocycles. The van der Waals surface area contributed by atoms with Gasteiger partial charge in [0.25, 0.3) is 9.05 Å². The minimum atomic E-state index is -4.14. The van der Waals surface area contributed by atoms with Gasteiger partial charge >= 0.3 is 5.97 Å². The van der Waals surface area contributed by atoms with Crippen molar-refractivity contribution in [3.63, 3.8) is 0 Å². The van der Waals surface area contributed by atoms with E-state index >= 15 is 0 Å². The first-order valence-corrected chi connectivity index (χ1v) is 12.4. The van der Waals surface area contributed by atoms with Gasteiger partial charge in [-0.1, -0.05) is 39.0 Å². The highest BCUT2D eigenvalue weighted by Crippen LogP contribution is 2.32. The molecule has 1 N–H and O–H groups in total. The molecule has 9 heteroatoms. The molecule has 0 spiro atoms. The molecule has 0 aliphatic rings. The summed E-state index contributed by atoms with van der Waals surface area (Å²) in [5.74, 6) is -1.09. The zero-order valence-electron chi connectivity index (χ0n) is 17.0. The van der Waals surface area contributed by atoms with Gasteiger partial charge in [0.1, 0.15) is 5.58 Å². The van der Waals surface area contributed by atoms with Gasteiger partial charge in [0.05, 0.1) is 27.8 Å². The number of hydrogen-bond donors (Lipinski definition) is 1. The normalized spacial score (nSPS) is 11.8. The van der Waals surface area contributed by atoms with Crippen molar-refractivity contribution in [2.24, 2.45) is 0 Å². The maximum Gasteiger partial charge on any atom is 0.335 e. The number of carboxylic acid groups (broad SMARTS) is 1. The zero-order chi connectivity index (χ0) is 22.6. The third kappa shape index (κ3) is 5.37. The molecule has 166 valence electrons. The number of rotatable bonds is 10. The minimum Gasteiger partial charge on any atom is -0.490 e. The Kier molecular flexibility index (Phi) is 7.23. The number of benzene rings is 2. The van der Waals surface area contributed by atoms with Crippen LogP contribution in [0.15, 0.2) is 44.4 Å². The molecule has 0 saturated carbocycles. The average Bonchev–Trinajstić information content (AvgIpc) is 2.72. The molecule has 31 heavy (non-hydrogen) atoms. The molecule has 1 heterocycles. The highest BCUT2D eigenvalue weighted by molar-refractivity contribution is 8.13. The van der Waals surface area contributed by atoms with Crippen molar-refractivity contribution in [2.75, 3.05) is 6.61 Å². The van der Waals surface area contributed by atoms with E-state index in [1.54, 1.807) is 0 Å². The van der Waals surface area contributed by atoms with Gasteiger partial charge in [0.2, 0.25) is 5.43 Å². The third-order valence-electron chi connectivity index (χ3n) is 4.99. The molecule has 0 aliphatic carbocycles. The number of ether oxygens (including phenoxy) is 1. The fraction of sp³-hybridized carbons (Fsp3) is 0.364. The lowest BCUT2D eigenvalue weighted by atomic mass is 10.1. The van der Waals surface area contributed by atoms with Gasteiger partial charge in [-0.05, 0) is 30.7 Å². The SMILES string of the molecule is CCCCCCCCOc1cc(S(=O)(=O)Cl)cc2c(=O)c3cc(C(=O)O)ccc3oc12. The van der Waals surface area contributed by atoms with Gasteiger partial charge in [-0.2, -0.15) is 0 Å². The van der Waals surface area contributed by atoms with Crippen LogP contribution < -0.4 is 10.2 Å². The topological polar surface area (TPSA) is 111 Å². The van der Waals surface area contributed by atoms with E-state index in [-0.39, 0.29) is 38.1 Å². The molecule has 0 radical (unpaired) electrons. The lowest BCUT2D eigenvalue weighted by Crippen LogP contribution is -2.07. The summed E-state index contributed by atoms with van der Waals surface area (Å²) in [6.45, 7) is 2.47. The van der Waals surface area contributed by atoms with Crippen molar-refractivity contribution in [3.8, 4) is 5.75 Å². The van der Waals surface area contributed by atoms with Crippen molar-refractivity contribution < 1.29 is 27.5 Å². The fourth-order valence-electron chi connectivity index (χ4n) is 3.35. The summed E-state index contributed by atoms with van der Waals surface area (Å²) in [5.41, 5.74) is -0.380. The molecule has 3 aromatic rings. The summed E-state index contributed by atoms with van der Waals surface area (Å²) in [4.78, 5) is 24.0. The summed E-state index contributed by atoms with van der Waals surface area (Å²) in [6, 6.07) is 6.27. The lowest BCUT2D eigenvalue weighted by molar-refractivity contribution is 0.0697. The van der Waals surface area contributed by atoms with Crippen molar-refractivity contribution in [2.45, 2.75) is 50.3 Å². The van der Waals surface area contributed by atoms with E-state index in [4.69, 9.17) is 19.8 Å². The Hall–Kier alpha value is -2.58. The van der Waals surface area contributed by atoms with E-state index < -0.39 is 20.4 Å². The van der Waals surface area contributed by atoms with Gasteiger partial charge in [-0.3, -0.25) is 4.79 Å². The number of carbonyl (C=O) groups is 1. The van der Waals surface area contributed by atoms with Gasteiger partial charge in [0, 0.05) is 16.7 Å². The molecular formula is C22H23ClO7S. The van der Waals surface area contributed by atoms with Crippen LogP contribution in [-0.2, 0) is 9.05 Å². The Labute approximate surface area is 184 Å². The van der Waals surface area contributed by atoms with Crippen LogP contribution in [0.5, 0.6) is 5.75 Å². The molecular weight excluding hydrogens is 444 g/mol. The monoisotopic (exact) mass is 466 g/mol. The Morgan fingerprint density at radius 1 is 1.06 bits per heavy atom. The Balaban J connectivity index is 2.03. The van der Waals surface area contributed by atoms with Crippen molar-refractivity contribution in [3.05, 3.63) is 46.1 Å². The smallest absolute Gasteiger partial charge is 0.335 e. The standard InChI is InChI=1S/C22H23ClO7S/c1-2-3-4-5-6-7-10-29-19-13-15(31(23,27)28)12-17-20(24)16-11-14(22(25)26)8-9-18(16)30-21(17)19/h8-9,11-13H,2-7,10H2,1H3,(H,25,26). The van der Waals surface area contributed by atoms with E-state index in [9.17, 15) is 23.1 Å². The van der Waals surface area contributed by atoms with E-state index in [1.807, 2.05) is 0 Å². The number of unbranched alkanes of at least 4 members (excludes halogenated alkanes) is 5. The maximum absolute atomic E-state index is 13.0. The molecule has 3 rings (SSSR count). The molecule has 7 nitrogen and oxygen atoms in total. The van der Waals surface area contributed by atoms with Crippen molar-refractivity contribution >= 4 is 47.6 Å². The highest BCUT2D eigenvalue weighted by atomic mass is 35.7. The largest absolute Gasteiger partial charge is 0.490 e. The van der Waals surface area contributed by atoms with E-state index in [0.717, 1.165) is 38.2 Å². The minimum absolute atomic E-state index is 0.0263. The summed E-state index contributed by atoms with van der Waals surface area (Å²) in [5, 5.41) is 9.16. The summed E-state index contributed by atoms with van der Waals surface area (Å²) < 4.78 is 35.4. The highest BCUT2D eigenvalue weighted by Gasteiger charge is 2.20. The lowest BCUT2D eigenvalue weighted by Gasteiger charge is -2.11. The van der Waals surface area contributed by atoms with Crippen LogP contribution in [0.3, 0.4) is 0 Å². The Morgan fingerprint density at radius 2 is 1.77 bits per heavy atom. The number of carboxylic acids is 1. The second-order valence-corrected chi connectivity index (χ2v) is 9.87. The van der Waals surface area contributed by atoms with Gasteiger partial charge in [0.15, 0.2) is 11.3 Å². The summed E-state index contributed by atoms with van der Waals surface area (Å²) in [7, 11) is 1.37. The fourth-order valence-corrected chi connectivity index (χ4v) is 4.12. The molecule has 0 aliphatic heterocycles. The average molecular weight is 467 g/mol. The first-order valence-electron chi connectivity index (χ1n) is 10.1. The number of halogens is 1. The number of fused-ring (bicyclic) bond motifs is 2. The molecule has 0 saturated heterocycles. The first kappa shape index (κ1) is 23.1. The number of aromatic carboxylic acids is 1. The second kappa shape index (κ2) is 9.70. The van der Waals surface area contributed by atoms with Gasteiger partial charge in [-0.25, -0.2) is 13.2 Å². The molecule has 0 unspecified atom stereocenters. The van der Waals surface area contributed by atoms with Crippen molar-refractivity contribution in [1.29, 1.82) is 0 Å². The van der Waals surface area contributed by atoms with E-state index in [2.05, 4.69) is 6.92 Å².